The first-order valence-electron chi connectivity index (χ1n) is 13.0. The van der Waals surface area contributed by atoms with Gasteiger partial charge in [0.1, 0.15) is 16.8 Å². The number of unbranched alkanes of at least 4 members (excludes halogenated alkanes) is 4. The molecule has 0 spiro atoms. The molecule has 0 atom stereocenters. The van der Waals surface area contributed by atoms with Crippen LogP contribution in [-0.2, 0) is 19.0 Å². The molecule has 0 bridgehead atoms. The number of nitrogens with one attached hydrogen (secondary N) is 3. The zero-order valence-corrected chi connectivity index (χ0v) is 25.9. The zero-order valence-electron chi connectivity index (χ0n) is 25.1. The maximum atomic E-state index is 12.2. The van der Waals surface area contributed by atoms with E-state index in [1.165, 1.54) is 0 Å². The molecule has 39 heavy (non-hydrogen) atoms. The molecule has 0 aliphatic carbocycles. The monoisotopic (exact) mass is 573 g/mol. The molecule has 0 saturated carbocycles. The Kier molecular flexibility index (Phi) is 15.8. The highest BCUT2D eigenvalue weighted by molar-refractivity contribution is 8.13. The van der Waals surface area contributed by atoms with Crippen molar-refractivity contribution in [3.63, 3.8) is 0 Å². The van der Waals surface area contributed by atoms with Crippen LogP contribution in [0.25, 0.3) is 0 Å². The minimum Gasteiger partial charge on any atom is -0.444 e. The van der Waals surface area contributed by atoms with Gasteiger partial charge in [-0.1, -0.05) is 31.0 Å². The average Bonchev–Trinajstić information content (AvgIpc) is 2.70. The predicted molar refractivity (Wildman–Crippen MR) is 154 cm³/mol. The van der Waals surface area contributed by atoms with Crippen molar-refractivity contribution in [1.29, 1.82) is 0 Å². The van der Waals surface area contributed by atoms with Gasteiger partial charge in [0, 0.05) is 13.0 Å². The smallest absolute Gasteiger partial charge is 0.436 e. The van der Waals surface area contributed by atoms with Crippen molar-refractivity contribution in [3.05, 3.63) is 0 Å². The average molecular weight is 574 g/mol. The molecule has 0 rings (SSSR count). The van der Waals surface area contributed by atoms with Gasteiger partial charge in [-0.15, -0.1) is 0 Å². The van der Waals surface area contributed by atoms with E-state index in [-0.39, 0.29) is 17.0 Å². The maximum absolute atomic E-state index is 12.2. The summed E-state index contributed by atoms with van der Waals surface area (Å²) in [6, 6.07) is 0. The largest absolute Gasteiger partial charge is 0.444 e. The van der Waals surface area contributed by atoms with Gasteiger partial charge >= 0.3 is 18.3 Å². The third-order valence-corrected chi connectivity index (χ3v) is 4.68. The van der Waals surface area contributed by atoms with Gasteiger partial charge in [-0.3, -0.25) is 20.4 Å². The summed E-state index contributed by atoms with van der Waals surface area (Å²) in [6.45, 7) is 16.0. The third kappa shape index (κ3) is 22.8. The van der Waals surface area contributed by atoms with Crippen LogP contribution in [0.4, 0.5) is 14.4 Å². The summed E-state index contributed by atoms with van der Waals surface area (Å²) in [6.07, 6.45) is 3.71. The Morgan fingerprint density at radius 1 is 0.667 bits per heavy atom. The van der Waals surface area contributed by atoms with E-state index in [2.05, 4.69) is 25.9 Å². The van der Waals surface area contributed by atoms with Crippen molar-refractivity contribution in [2.45, 2.75) is 118 Å². The lowest BCUT2D eigenvalue weighted by Crippen LogP contribution is -2.47. The number of alkyl carbamates (subject to hydrolysis) is 2. The number of hydrogen-bond acceptors (Lipinski definition) is 9. The number of carbonyl (C=O) groups is 4. The fourth-order valence-electron chi connectivity index (χ4n) is 2.70. The van der Waals surface area contributed by atoms with Gasteiger partial charge in [0.25, 0.3) is 0 Å². The summed E-state index contributed by atoms with van der Waals surface area (Å²) in [4.78, 5) is 56.3. The number of thioether (sulfide) groups is 1. The van der Waals surface area contributed by atoms with Crippen molar-refractivity contribution < 1.29 is 33.4 Å². The first-order chi connectivity index (χ1) is 17.8. The highest BCUT2D eigenvalue weighted by Crippen LogP contribution is 2.11. The molecule has 0 fully saturated rings. The molecule has 0 saturated heterocycles. The first-order valence-corrected chi connectivity index (χ1v) is 14.2. The van der Waals surface area contributed by atoms with Crippen LogP contribution in [-0.4, -0.2) is 64.9 Å². The van der Waals surface area contributed by atoms with Crippen molar-refractivity contribution in [1.82, 2.24) is 16.0 Å². The molecular weight excluding hydrogens is 526 g/mol. The fraction of sp³-hybridized carbons (Fsp3) is 0.769. The van der Waals surface area contributed by atoms with Gasteiger partial charge < -0.3 is 19.5 Å². The van der Waals surface area contributed by atoms with E-state index < -0.39 is 35.1 Å². The molecule has 0 aliphatic rings. The minimum absolute atomic E-state index is 0.0483. The van der Waals surface area contributed by atoms with E-state index in [0.29, 0.717) is 25.8 Å². The highest BCUT2D eigenvalue weighted by Gasteiger charge is 2.21. The van der Waals surface area contributed by atoms with E-state index in [4.69, 9.17) is 14.2 Å². The first kappa shape index (κ1) is 36.2. The lowest BCUT2D eigenvalue weighted by atomic mass is 10.1. The summed E-state index contributed by atoms with van der Waals surface area (Å²) >= 11 is 1.16. The lowest BCUT2D eigenvalue weighted by molar-refractivity contribution is -0.119. The molecule has 0 heterocycles. The molecule has 0 radical (unpaired) electrons. The van der Waals surface area contributed by atoms with Gasteiger partial charge in [0.15, 0.2) is 5.17 Å². The molecule has 3 N–H and O–H groups in total. The van der Waals surface area contributed by atoms with E-state index in [1.54, 1.807) is 68.6 Å². The second kappa shape index (κ2) is 17.0. The summed E-state index contributed by atoms with van der Waals surface area (Å²) in [5.41, 5.74) is -2.08. The summed E-state index contributed by atoms with van der Waals surface area (Å²) in [7, 11) is 0. The third-order valence-electron chi connectivity index (χ3n) is 4.10. The number of hydrogen-bond donors (Lipinski definition) is 3. The molecule has 12 nitrogen and oxygen atoms in total. The molecule has 0 aliphatic heterocycles. The summed E-state index contributed by atoms with van der Waals surface area (Å²) < 4.78 is 15.6. The number of aliphatic imine (C=N–C) groups is 2. The van der Waals surface area contributed by atoms with Crippen molar-refractivity contribution in [2.75, 3.05) is 12.8 Å². The van der Waals surface area contributed by atoms with Crippen LogP contribution in [0.3, 0.4) is 0 Å². The Bertz CT molecular complexity index is 853. The van der Waals surface area contributed by atoms with Crippen LogP contribution in [0.1, 0.15) is 101 Å². The minimum atomic E-state index is -0.749. The quantitative estimate of drug-likeness (QED) is 0.149. The number of carbonyl (C=O) groups excluding carboxylic acids is 4. The molecule has 224 valence electrons. The number of nitrogens with zero attached hydrogens (tertiary/aromatic N) is 2. The number of guanidine groups is 1. The van der Waals surface area contributed by atoms with Gasteiger partial charge in [-0.25, -0.2) is 14.4 Å². The SMILES string of the molecule is CSC(=NC(=O)OC(C)(C)C)NC(=O)CCCCCCCN=C(NC(=O)OC(C)(C)C)NC(=O)OC(C)(C)C. The summed E-state index contributed by atoms with van der Waals surface area (Å²) in [5, 5.41) is 7.73. The Hall–Kier alpha value is -2.83. The van der Waals surface area contributed by atoms with Crippen LogP contribution in [0.5, 0.6) is 0 Å². The standard InChI is InChI=1S/C26H47N5O7S/c1-24(2,3)36-21(33)29-19(30-22(34)37-25(4,5)6)27-17-15-13-11-12-14-16-18(32)28-20(39-10)31-23(35)38-26(7,8)9/h11-17H2,1-10H3,(H,28,31,32,35)(H2,27,29,30,33,34). The molecule has 0 aromatic heterocycles. The van der Waals surface area contributed by atoms with E-state index in [0.717, 1.165) is 31.0 Å². The zero-order chi connectivity index (χ0) is 30.3. The Balaban J connectivity index is 4.56. The van der Waals surface area contributed by atoms with Gasteiger partial charge in [0.05, 0.1) is 0 Å². The van der Waals surface area contributed by atoms with Crippen molar-refractivity contribution in [2.24, 2.45) is 9.98 Å². The van der Waals surface area contributed by atoms with Crippen molar-refractivity contribution in [3.8, 4) is 0 Å². The molecule has 0 aromatic carbocycles. The summed E-state index contributed by atoms with van der Waals surface area (Å²) in [5.74, 6) is -0.268. The van der Waals surface area contributed by atoms with Crippen LogP contribution < -0.4 is 16.0 Å². The van der Waals surface area contributed by atoms with E-state index in [9.17, 15) is 19.2 Å². The van der Waals surface area contributed by atoms with E-state index in [1.807, 2.05) is 0 Å². The van der Waals surface area contributed by atoms with Gasteiger partial charge in [-0.2, -0.15) is 4.99 Å². The molecule has 4 amide bonds. The molecule has 0 aromatic rings. The van der Waals surface area contributed by atoms with Gasteiger partial charge in [0.2, 0.25) is 11.9 Å². The molecule has 13 heteroatoms. The van der Waals surface area contributed by atoms with Gasteiger partial charge in [-0.05, 0) is 81.4 Å². The Morgan fingerprint density at radius 3 is 1.59 bits per heavy atom. The van der Waals surface area contributed by atoms with Crippen LogP contribution in [0.15, 0.2) is 9.98 Å². The second-order valence-corrected chi connectivity index (χ2v) is 12.4. The normalized spacial score (nSPS) is 12.2. The number of amidine groups is 1. The van der Waals surface area contributed by atoms with Crippen LogP contribution in [0, 0.1) is 0 Å². The molecule has 0 unspecified atom stereocenters. The van der Waals surface area contributed by atoms with E-state index >= 15 is 0 Å². The fourth-order valence-corrected chi connectivity index (χ4v) is 3.09. The lowest BCUT2D eigenvalue weighted by Gasteiger charge is -2.22. The number of rotatable bonds is 8. The van der Waals surface area contributed by atoms with Crippen LogP contribution in [0.2, 0.25) is 0 Å². The second-order valence-electron chi connectivity index (χ2n) is 11.7. The molecular formula is C26H47N5O7S. The topological polar surface area (TPSA) is 157 Å². The maximum Gasteiger partial charge on any atom is 0.436 e. The Morgan fingerprint density at radius 2 is 1.13 bits per heavy atom. The Labute approximate surface area is 236 Å². The number of ether oxygens (including phenoxy) is 3. The highest BCUT2D eigenvalue weighted by atomic mass is 32.2. The predicted octanol–water partition coefficient (Wildman–Crippen LogP) is 5.50. The van der Waals surface area contributed by atoms with Crippen LogP contribution >= 0.6 is 11.8 Å². The number of amides is 4. The van der Waals surface area contributed by atoms with Crippen molar-refractivity contribution >= 4 is 47.1 Å².